The molecule has 1 aliphatic rings. The molecule has 0 amide bonds. The van der Waals surface area contributed by atoms with Crippen molar-refractivity contribution in [2.45, 2.75) is 18.8 Å². The lowest BCUT2D eigenvalue weighted by Gasteiger charge is -2.23. The van der Waals surface area contributed by atoms with Crippen LogP contribution in [0.15, 0.2) is 40.5 Å². The van der Waals surface area contributed by atoms with Gasteiger partial charge in [-0.1, -0.05) is 5.16 Å². The number of oxime groups is 1. The summed E-state index contributed by atoms with van der Waals surface area (Å²) in [5.41, 5.74) is 2.43. The van der Waals surface area contributed by atoms with Crippen LogP contribution in [-0.4, -0.2) is 30.5 Å². The summed E-state index contributed by atoms with van der Waals surface area (Å²) in [6, 6.07) is 3.80. The number of nitrogens with zero attached hydrogens (tertiary/aromatic N) is 5. The lowest BCUT2D eigenvalue weighted by atomic mass is 9.84. The molecule has 1 unspecified atom stereocenters. The van der Waals surface area contributed by atoms with Gasteiger partial charge in [0, 0.05) is 29.8 Å². The van der Waals surface area contributed by atoms with Crippen LogP contribution in [0, 0.1) is 0 Å². The summed E-state index contributed by atoms with van der Waals surface area (Å²) in [7, 11) is 0. The van der Waals surface area contributed by atoms with Crippen molar-refractivity contribution in [3.8, 4) is 0 Å². The van der Waals surface area contributed by atoms with Gasteiger partial charge in [0.05, 0.1) is 12.0 Å². The number of hydrogen-bond donors (Lipinski definition) is 1. The first kappa shape index (κ1) is 11.2. The van der Waals surface area contributed by atoms with Crippen LogP contribution >= 0.6 is 0 Å². The van der Waals surface area contributed by atoms with Gasteiger partial charge in [-0.15, -0.1) is 10.2 Å². The van der Waals surface area contributed by atoms with Crippen molar-refractivity contribution >= 4 is 11.5 Å². The molecule has 20 heavy (non-hydrogen) atoms. The molecule has 0 spiro atoms. The zero-order valence-electron chi connectivity index (χ0n) is 10.5. The van der Waals surface area contributed by atoms with Crippen LogP contribution in [-0.2, 0) is 6.42 Å². The highest BCUT2D eigenvalue weighted by molar-refractivity contribution is 6.02. The van der Waals surface area contributed by atoms with E-state index in [2.05, 4.69) is 20.3 Å². The fourth-order valence-corrected chi connectivity index (χ4v) is 2.75. The molecule has 0 fully saturated rings. The van der Waals surface area contributed by atoms with Gasteiger partial charge < -0.3 is 9.62 Å². The molecule has 1 N–H and O–H groups in total. The van der Waals surface area contributed by atoms with E-state index in [-0.39, 0.29) is 5.92 Å². The van der Waals surface area contributed by atoms with Gasteiger partial charge in [-0.3, -0.25) is 4.40 Å². The largest absolute Gasteiger partial charge is 0.469 e. The van der Waals surface area contributed by atoms with Crippen molar-refractivity contribution in [1.29, 1.82) is 0 Å². The molecule has 0 aliphatic heterocycles. The normalized spacial score (nSPS) is 20.4. The molecule has 0 saturated carbocycles. The van der Waals surface area contributed by atoms with Gasteiger partial charge in [-0.2, -0.15) is 0 Å². The van der Waals surface area contributed by atoms with Crippen molar-refractivity contribution in [3.05, 3.63) is 47.9 Å². The average Bonchev–Trinajstić information content (AvgIpc) is 3.16. The van der Waals surface area contributed by atoms with E-state index in [0.29, 0.717) is 17.9 Å². The number of rotatable bonds is 1. The molecule has 0 bridgehead atoms. The summed E-state index contributed by atoms with van der Waals surface area (Å²) in [6.07, 6.45) is 6.35. The van der Waals surface area contributed by atoms with E-state index in [1.165, 1.54) is 0 Å². The molecule has 7 nitrogen and oxygen atoms in total. The minimum Gasteiger partial charge on any atom is -0.469 e. The maximum Gasteiger partial charge on any atom is 0.255 e. The summed E-state index contributed by atoms with van der Waals surface area (Å²) in [5, 5.41) is 20.5. The van der Waals surface area contributed by atoms with Gasteiger partial charge in [-0.25, -0.2) is 4.98 Å². The second-order valence-electron chi connectivity index (χ2n) is 4.79. The lowest BCUT2D eigenvalue weighted by molar-refractivity contribution is 0.316. The fraction of sp³-hybridized carbons (Fsp3) is 0.231. The van der Waals surface area contributed by atoms with E-state index < -0.39 is 0 Å². The molecule has 7 heteroatoms. The Labute approximate surface area is 113 Å². The van der Waals surface area contributed by atoms with Crippen LogP contribution in [0.2, 0.25) is 0 Å². The first-order chi connectivity index (χ1) is 9.86. The molecule has 0 saturated heterocycles. The highest BCUT2D eigenvalue weighted by atomic mass is 16.4. The zero-order valence-corrected chi connectivity index (χ0v) is 10.5. The molecule has 3 aromatic heterocycles. The van der Waals surface area contributed by atoms with Crippen LogP contribution in [0.4, 0.5) is 0 Å². The average molecular weight is 269 g/mol. The topological polar surface area (TPSA) is 88.8 Å². The van der Waals surface area contributed by atoms with Gasteiger partial charge in [-0.05, 0) is 18.6 Å². The number of furan rings is 1. The molecule has 3 heterocycles. The Morgan fingerprint density at radius 1 is 1.40 bits per heavy atom. The van der Waals surface area contributed by atoms with Crippen LogP contribution in [0.5, 0.6) is 0 Å². The van der Waals surface area contributed by atoms with Crippen LogP contribution < -0.4 is 0 Å². The third-order valence-electron chi connectivity index (χ3n) is 3.70. The highest BCUT2D eigenvalue weighted by Crippen LogP contribution is 2.33. The van der Waals surface area contributed by atoms with E-state index in [1.54, 1.807) is 18.8 Å². The van der Waals surface area contributed by atoms with Crippen molar-refractivity contribution in [3.63, 3.8) is 0 Å². The highest BCUT2D eigenvalue weighted by Gasteiger charge is 2.29. The van der Waals surface area contributed by atoms with Gasteiger partial charge >= 0.3 is 0 Å². The Morgan fingerprint density at radius 3 is 3.15 bits per heavy atom. The molecule has 1 aliphatic carbocycles. The predicted molar refractivity (Wildman–Crippen MR) is 68.9 cm³/mol. The zero-order chi connectivity index (χ0) is 13.5. The van der Waals surface area contributed by atoms with Crippen molar-refractivity contribution in [2.24, 2.45) is 5.16 Å². The Hall–Kier alpha value is -2.70. The first-order valence-electron chi connectivity index (χ1n) is 6.29. The Balaban J connectivity index is 1.90. The maximum absolute atomic E-state index is 9.26. The Bertz CT molecular complexity index is 790. The molecule has 1 atom stereocenters. The van der Waals surface area contributed by atoms with Crippen LogP contribution in [0.25, 0.3) is 5.78 Å². The standard InChI is InChI=1S/C13H11N5O2/c19-17-10-4-8(12-2-1-3-20-12)5-11-9(10)6-14-13-16-15-7-18(11)13/h1-3,6-8,19H,4-5H2. The minimum atomic E-state index is 0.136. The predicted octanol–water partition coefficient (Wildman–Crippen LogP) is 1.63. The SMILES string of the molecule is ON=C1CC(c2ccco2)Cc2c1cnc1nncn21. The van der Waals surface area contributed by atoms with Crippen LogP contribution in [0.1, 0.15) is 29.4 Å². The third-order valence-corrected chi connectivity index (χ3v) is 3.70. The second-order valence-corrected chi connectivity index (χ2v) is 4.79. The molecule has 4 rings (SSSR count). The molecule has 3 aromatic rings. The van der Waals surface area contributed by atoms with E-state index in [0.717, 1.165) is 23.4 Å². The summed E-state index contributed by atoms with van der Waals surface area (Å²) in [4.78, 5) is 4.21. The summed E-state index contributed by atoms with van der Waals surface area (Å²) >= 11 is 0. The minimum absolute atomic E-state index is 0.136. The third kappa shape index (κ3) is 1.52. The Kier molecular flexibility index (Phi) is 2.32. The molecular weight excluding hydrogens is 258 g/mol. The van der Waals surface area contributed by atoms with E-state index in [4.69, 9.17) is 4.42 Å². The summed E-state index contributed by atoms with van der Waals surface area (Å²) < 4.78 is 7.31. The van der Waals surface area contributed by atoms with E-state index in [1.807, 2.05) is 16.5 Å². The maximum atomic E-state index is 9.26. The quantitative estimate of drug-likeness (QED) is 0.535. The second kappa shape index (κ2) is 4.16. The van der Waals surface area contributed by atoms with Crippen molar-refractivity contribution in [1.82, 2.24) is 19.6 Å². The molecule has 100 valence electrons. The smallest absolute Gasteiger partial charge is 0.255 e. The summed E-state index contributed by atoms with van der Waals surface area (Å²) in [5.74, 6) is 1.56. The number of aromatic nitrogens is 4. The summed E-state index contributed by atoms with van der Waals surface area (Å²) in [6.45, 7) is 0. The van der Waals surface area contributed by atoms with Crippen molar-refractivity contribution in [2.75, 3.05) is 0 Å². The van der Waals surface area contributed by atoms with Crippen LogP contribution in [0.3, 0.4) is 0 Å². The monoisotopic (exact) mass is 269 g/mol. The van der Waals surface area contributed by atoms with Gasteiger partial charge in [0.15, 0.2) is 0 Å². The van der Waals surface area contributed by atoms with Gasteiger partial charge in [0.1, 0.15) is 12.1 Å². The van der Waals surface area contributed by atoms with Crippen molar-refractivity contribution < 1.29 is 9.62 Å². The number of hydrogen-bond acceptors (Lipinski definition) is 6. The molecular formula is C13H11N5O2. The Morgan fingerprint density at radius 2 is 2.35 bits per heavy atom. The number of fused-ring (bicyclic) bond motifs is 3. The van der Waals surface area contributed by atoms with Gasteiger partial charge in [0.25, 0.3) is 5.78 Å². The fourth-order valence-electron chi connectivity index (χ4n) is 2.75. The molecule has 0 radical (unpaired) electrons. The van der Waals surface area contributed by atoms with E-state index >= 15 is 0 Å². The molecule has 0 aromatic carbocycles. The first-order valence-corrected chi connectivity index (χ1v) is 6.29. The van der Waals surface area contributed by atoms with Gasteiger partial charge in [0.2, 0.25) is 0 Å². The van der Waals surface area contributed by atoms with E-state index in [9.17, 15) is 5.21 Å². The lowest BCUT2D eigenvalue weighted by Crippen LogP contribution is -2.22.